The average molecular weight is 235 g/mol. The largest absolute Gasteiger partial charge is 0.472 e. The van der Waals surface area contributed by atoms with Gasteiger partial charge in [0, 0.05) is 0 Å². The van der Waals surface area contributed by atoms with Crippen molar-refractivity contribution in [2.24, 2.45) is 0 Å². The summed E-state index contributed by atoms with van der Waals surface area (Å²) in [6.07, 6.45) is 3.64. The van der Waals surface area contributed by atoms with Crippen LogP contribution in [-0.4, -0.2) is 17.6 Å². The van der Waals surface area contributed by atoms with Crippen LogP contribution < -0.4 is 0 Å². The van der Waals surface area contributed by atoms with Gasteiger partial charge in [0.2, 0.25) is 11.7 Å². The van der Waals surface area contributed by atoms with Crippen LogP contribution in [0.3, 0.4) is 0 Å². The highest BCUT2D eigenvalue weighted by Gasteiger charge is 2.21. The molecule has 17 heavy (non-hydrogen) atoms. The molecule has 0 saturated carbocycles. The lowest BCUT2D eigenvalue weighted by molar-refractivity contribution is 0.0489. The van der Waals surface area contributed by atoms with Gasteiger partial charge in [0.25, 0.3) is 0 Å². The quantitative estimate of drug-likeness (QED) is 0.762. The van der Waals surface area contributed by atoms with Gasteiger partial charge in [-0.3, -0.25) is 0 Å². The van der Waals surface area contributed by atoms with Gasteiger partial charge in [0.15, 0.2) is 0 Å². The summed E-state index contributed by atoms with van der Waals surface area (Å²) >= 11 is 0. The van der Waals surface area contributed by atoms with E-state index in [2.05, 4.69) is 4.98 Å². The predicted molar refractivity (Wildman–Crippen MR) is 59.5 cm³/mol. The lowest BCUT2D eigenvalue weighted by atomic mass is 10.3. The number of aromatic nitrogens is 1. The Morgan fingerprint density at radius 2 is 2.29 bits per heavy atom. The SMILES string of the molecule is CCOC(=O)c1oc(-c2ccoc2)nc1CC. The minimum Gasteiger partial charge on any atom is -0.472 e. The smallest absolute Gasteiger partial charge is 0.376 e. The fourth-order valence-electron chi connectivity index (χ4n) is 1.46. The molecule has 0 aliphatic carbocycles. The second-order valence-corrected chi connectivity index (χ2v) is 3.38. The molecule has 0 saturated heterocycles. The van der Waals surface area contributed by atoms with Gasteiger partial charge < -0.3 is 13.6 Å². The summed E-state index contributed by atoms with van der Waals surface area (Å²) in [5, 5.41) is 0. The van der Waals surface area contributed by atoms with E-state index in [0.29, 0.717) is 30.2 Å². The van der Waals surface area contributed by atoms with Crippen LogP contribution in [0.5, 0.6) is 0 Å². The Morgan fingerprint density at radius 3 is 2.88 bits per heavy atom. The molecular weight excluding hydrogens is 222 g/mol. The van der Waals surface area contributed by atoms with Crippen molar-refractivity contribution in [3.8, 4) is 11.5 Å². The van der Waals surface area contributed by atoms with E-state index in [-0.39, 0.29) is 5.76 Å². The van der Waals surface area contributed by atoms with Gasteiger partial charge in [-0.1, -0.05) is 6.92 Å². The minimum atomic E-state index is -0.480. The summed E-state index contributed by atoms with van der Waals surface area (Å²) in [6.45, 7) is 3.96. The zero-order valence-electron chi connectivity index (χ0n) is 9.73. The molecule has 0 aliphatic heterocycles. The fourth-order valence-corrected chi connectivity index (χ4v) is 1.46. The van der Waals surface area contributed by atoms with Gasteiger partial charge in [0.05, 0.1) is 24.1 Å². The summed E-state index contributed by atoms with van der Waals surface area (Å²) in [5.74, 6) is 0.0656. The molecular formula is C12H13NO4. The first-order valence-electron chi connectivity index (χ1n) is 5.45. The molecule has 0 unspecified atom stereocenters. The van der Waals surface area contributed by atoms with E-state index in [1.807, 2.05) is 6.92 Å². The summed E-state index contributed by atoms with van der Waals surface area (Å²) in [4.78, 5) is 15.9. The van der Waals surface area contributed by atoms with Crippen molar-refractivity contribution < 1.29 is 18.4 Å². The molecule has 0 atom stereocenters. The third-order valence-corrected chi connectivity index (χ3v) is 2.26. The Balaban J connectivity index is 2.36. The van der Waals surface area contributed by atoms with Gasteiger partial charge >= 0.3 is 5.97 Å². The molecule has 0 amide bonds. The van der Waals surface area contributed by atoms with Crippen molar-refractivity contribution in [3.05, 3.63) is 30.0 Å². The van der Waals surface area contributed by atoms with Crippen LogP contribution >= 0.6 is 0 Å². The Bertz CT molecular complexity index is 499. The Hall–Kier alpha value is -2.04. The van der Waals surface area contributed by atoms with Crippen LogP contribution in [0.2, 0.25) is 0 Å². The van der Waals surface area contributed by atoms with E-state index in [9.17, 15) is 4.79 Å². The summed E-state index contributed by atoms with van der Waals surface area (Å²) in [5.41, 5.74) is 1.30. The number of nitrogens with zero attached hydrogens (tertiary/aromatic N) is 1. The van der Waals surface area contributed by atoms with E-state index in [4.69, 9.17) is 13.6 Å². The molecule has 0 radical (unpaired) electrons. The summed E-state index contributed by atoms with van der Waals surface area (Å²) in [6, 6.07) is 1.72. The van der Waals surface area contributed by atoms with Gasteiger partial charge in [-0.25, -0.2) is 9.78 Å². The lowest BCUT2D eigenvalue weighted by Gasteiger charge is -1.98. The number of hydrogen-bond donors (Lipinski definition) is 0. The second kappa shape index (κ2) is 4.86. The third kappa shape index (κ3) is 2.22. The molecule has 2 heterocycles. The number of hydrogen-bond acceptors (Lipinski definition) is 5. The zero-order chi connectivity index (χ0) is 12.3. The highest BCUT2D eigenvalue weighted by atomic mass is 16.5. The average Bonchev–Trinajstić information content (AvgIpc) is 2.97. The number of furan rings is 1. The van der Waals surface area contributed by atoms with E-state index in [1.165, 1.54) is 12.5 Å². The van der Waals surface area contributed by atoms with Gasteiger partial charge in [-0.2, -0.15) is 0 Å². The Kier molecular flexibility index (Phi) is 3.27. The fraction of sp³-hybridized carbons (Fsp3) is 0.333. The molecule has 5 nitrogen and oxygen atoms in total. The maximum Gasteiger partial charge on any atom is 0.376 e. The molecule has 0 fully saturated rings. The lowest BCUT2D eigenvalue weighted by Crippen LogP contribution is -2.05. The molecule has 0 bridgehead atoms. The first kappa shape index (κ1) is 11.4. The van der Waals surface area contributed by atoms with E-state index >= 15 is 0 Å². The zero-order valence-corrected chi connectivity index (χ0v) is 9.73. The molecule has 2 aromatic heterocycles. The Labute approximate surface area is 98.4 Å². The number of oxazole rings is 1. The van der Waals surface area contributed by atoms with Gasteiger partial charge in [-0.05, 0) is 19.4 Å². The number of rotatable bonds is 4. The first-order valence-corrected chi connectivity index (χ1v) is 5.45. The molecule has 2 aromatic rings. The molecule has 0 spiro atoms. The monoisotopic (exact) mass is 235 g/mol. The molecule has 5 heteroatoms. The topological polar surface area (TPSA) is 65.5 Å². The van der Waals surface area contributed by atoms with Crippen molar-refractivity contribution in [1.29, 1.82) is 0 Å². The Morgan fingerprint density at radius 1 is 1.47 bits per heavy atom. The van der Waals surface area contributed by atoms with Gasteiger partial charge in [-0.15, -0.1) is 0 Å². The number of aryl methyl sites for hydroxylation is 1. The predicted octanol–water partition coefficient (Wildman–Crippen LogP) is 2.67. The van der Waals surface area contributed by atoms with Crippen molar-refractivity contribution in [2.75, 3.05) is 6.61 Å². The van der Waals surface area contributed by atoms with Crippen LogP contribution in [0.1, 0.15) is 30.1 Å². The molecule has 90 valence electrons. The molecule has 2 rings (SSSR count). The van der Waals surface area contributed by atoms with E-state index in [1.54, 1.807) is 13.0 Å². The maximum absolute atomic E-state index is 11.6. The van der Waals surface area contributed by atoms with Crippen molar-refractivity contribution >= 4 is 5.97 Å². The van der Waals surface area contributed by atoms with Crippen molar-refractivity contribution in [3.63, 3.8) is 0 Å². The molecule has 0 N–H and O–H groups in total. The number of carbonyl (C=O) groups is 1. The highest BCUT2D eigenvalue weighted by molar-refractivity contribution is 5.88. The first-order chi connectivity index (χ1) is 8.26. The number of esters is 1. The van der Waals surface area contributed by atoms with Crippen molar-refractivity contribution in [2.45, 2.75) is 20.3 Å². The summed E-state index contributed by atoms with van der Waals surface area (Å²) < 4.78 is 15.3. The van der Waals surface area contributed by atoms with E-state index < -0.39 is 5.97 Å². The molecule has 0 aromatic carbocycles. The van der Waals surface area contributed by atoms with Gasteiger partial charge in [0.1, 0.15) is 6.26 Å². The van der Waals surface area contributed by atoms with Crippen molar-refractivity contribution in [1.82, 2.24) is 4.98 Å². The number of carbonyl (C=O) groups excluding carboxylic acids is 1. The minimum absolute atomic E-state index is 0.172. The third-order valence-electron chi connectivity index (χ3n) is 2.26. The van der Waals surface area contributed by atoms with Crippen LogP contribution in [0.4, 0.5) is 0 Å². The normalized spacial score (nSPS) is 10.5. The second-order valence-electron chi connectivity index (χ2n) is 3.38. The highest BCUT2D eigenvalue weighted by Crippen LogP contribution is 2.23. The van der Waals surface area contributed by atoms with Crippen LogP contribution in [0.25, 0.3) is 11.5 Å². The molecule has 0 aliphatic rings. The van der Waals surface area contributed by atoms with E-state index in [0.717, 1.165) is 0 Å². The summed E-state index contributed by atoms with van der Waals surface area (Å²) in [7, 11) is 0. The standard InChI is InChI=1S/C12H13NO4/c1-3-9-10(12(14)16-4-2)17-11(13-9)8-5-6-15-7-8/h5-7H,3-4H2,1-2H3. The van der Waals surface area contributed by atoms with Crippen LogP contribution in [0.15, 0.2) is 27.4 Å². The van der Waals surface area contributed by atoms with Crippen LogP contribution in [-0.2, 0) is 11.2 Å². The maximum atomic E-state index is 11.6. The van der Waals surface area contributed by atoms with Crippen LogP contribution in [0, 0.1) is 0 Å². The number of ether oxygens (including phenoxy) is 1.